The number of carbonyl (C=O) groups is 2. The van der Waals surface area contributed by atoms with Crippen molar-refractivity contribution in [3.63, 3.8) is 0 Å². The molecule has 5 rings (SSSR count). The van der Waals surface area contributed by atoms with Crippen molar-refractivity contribution in [2.75, 3.05) is 11.5 Å². The summed E-state index contributed by atoms with van der Waals surface area (Å²) in [4.78, 5) is 27.7. The van der Waals surface area contributed by atoms with Gasteiger partial charge >= 0.3 is 5.97 Å². The summed E-state index contributed by atoms with van der Waals surface area (Å²) in [5, 5.41) is 0.686. The van der Waals surface area contributed by atoms with E-state index in [2.05, 4.69) is 6.07 Å². The molecule has 0 N–H and O–H groups in total. The number of aryl methyl sites for hydroxylation is 2. The second kappa shape index (κ2) is 8.99. The molecular formula is C28H24ClNO4. The molecule has 3 aromatic rings. The lowest BCUT2D eigenvalue weighted by Gasteiger charge is -2.32. The molecule has 5 nitrogen and oxygen atoms in total. The van der Waals surface area contributed by atoms with Crippen molar-refractivity contribution in [2.45, 2.75) is 32.8 Å². The van der Waals surface area contributed by atoms with Crippen LogP contribution in [0, 0.1) is 13.8 Å². The fourth-order valence-corrected chi connectivity index (χ4v) is 4.79. The van der Waals surface area contributed by atoms with E-state index >= 15 is 0 Å². The third-order valence-electron chi connectivity index (χ3n) is 6.18. The quantitative estimate of drug-likeness (QED) is 0.435. The molecule has 0 aromatic heterocycles. The van der Waals surface area contributed by atoms with Crippen LogP contribution in [0.2, 0.25) is 5.02 Å². The number of benzene rings is 3. The lowest BCUT2D eigenvalue weighted by molar-refractivity contribution is -0.136. The van der Waals surface area contributed by atoms with Crippen LogP contribution < -0.4 is 9.64 Å². The zero-order valence-corrected chi connectivity index (χ0v) is 19.8. The van der Waals surface area contributed by atoms with Crippen LogP contribution in [0.25, 0.3) is 0 Å². The number of amides is 1. The van der Waals surface area contributed by atoms with Gasteiger partial charge in [-0.3, -0.25) is 9.69 Å². The topological polar surface area (TPSA) is 55.8 Å². The molecule has 0 radical (unpaired) electrons. The van der Waals surface area contributed by atoms with Crippen LogP contribution in [0.1, 0.15) is 34.6 Å². The summed E-state index contributed by atoms with van der Waals surface area (Å²) in [5.41, 5.74) is 6.00. The Bertz CT molecular complexity index is 1270. The van der Waals surface area contributed by atoms with Crippen LogP contribution in [0.3, 0.4) is 0 Å². The van der Waals surface area contributed by atoms with Crippen LogP contribution >= 0.6 is 11.6 Å². The van der Waals surface area contributed by atoms with Crippen molar-refractivity contribution in [1.82, 2.24) is 0 Å². The molecule has 2 aliphatic rings. The van der Waals surface area contributed by atoms with Gasteiger partial charge in [-0.1, -0.05) is 41.9 Å². The van der Waals surface area contributed by atoms with E-state index in [-0.39, 0.29) is 30.8 Å². The predicted molar refractivity (Wildman–Crippen MR) is 131 cm³/mol. The van der Waals surface area contributed by atoms with Crippen molar-refractivity contribution in [2.24, 2.45) is 0 Å². The lowest BCUT2D eigenvalue weighted by Crippen LogP contribution is -2.37. The number of anilines is 1. The van der Waals surface area contributed by atoms with Crippen LogP contribution in [0.4, 0.5) is 5.69 Å². The summed E-state index contributed by atoms with van der Waals surface area (Å²) in [5.74, 6) is -0.0362. The zero-order chi connectivity index (χ0) is 23.8. The van der Waals surface area contributed by atoms with Crippen LogP contribution in [0.15, 0.2) is 78.0 Å². The van der Waals surface area contributed by atoms with Crippen LogP contribution in [-0.2, 0) is 20.9 Å². The number of carbonyl (C=O) groups excluding carboxylic acids is 2. The number of esters is 1. The van der Waals surface area contributed by atoms with Gasteiger partial charge < -0.3 is 9.47 Å². The number of rotatable bonds is 5. The Kier molecular flexibility index (Phi) is 5.88. The zero-order valence-electron chi connectivity index (χ0n) is 19.0. The van der Waals surface area contributed by atoms with E-state index in [1.807, 2.05) is 74.5 Å². The van der Waals surface area contributed by atoms with Crippen LogP contribution in [-0.4, -0.2) is 18.5 Å². The van der Waals surface area contributed by atoms with Gasteiger partial charge in [-0.2, -0.15) is 0 Å². The molecule has 1 amide bonds. The minimum atomic E-state index is -0.357. The molecule has 2 heterocycles. The Balaban J connectivity index is 1.40. The van der Waals surface area contributed by atoms with E-state index in [0.29, 0.717) is 28.6 Å². The van der Waals surface area contributed by atoms with Crippen molar-refractivity contribution in [3.05, 3.63) is 105 Å². The number of cyclic esters (lactones) is 1. The van der Waals surface area contributed by atoms with E-state index in [4.69, 9.17) is 21.1 Å². The van der Waals surface area contributed by atoms with Gasteiger partial charge in [0.15, 0.2) is 0 Å². The number of nitrogens with zero attached hydrogens (tertiary/aromatic N) is 1. The summed E-state index contributed by atoms with van der Waals surface area (Å²) in [6.45, 7) is 4.52. The number of hydrogen-bond donors (Lipinski definition) is 0. The lowest BCUT2D eigenvalue weighted by atomic mass is 9.84. The fourth-order valence-electron chi connectivity index (χ4n) is 4.66. The molecule has 0 saturated carbocycles. The Labute approximate surface area is 203 Å². The van der Waals surface area contributed by atoms with E-state index in [9.17, 15) is 9.59 Å². The number of halogens is 1. The number of hydrogen-bond acceptors (Lipinski definition) is 4. The second-order valence-electron chi connectivity index (χ2n) is 8.75. The summed E-state index contributed by atoms with van der Waals surface area (Å²) >= 11 is 5.93. The first-order chi connectivity index (χ1) is 16.4. The highest BCUT2D eigenvalue weighted by atomic mass is 35.5. The van der Waals surface area contributed by atoms with Crippen LogP contribution in [0.5, 0.6) is 5.75 Å². The minimum absolute atomic E-state index is 0.0462. The van der Waals surface area contributed by atoms with Gasteiger partial charge in [-0.15, -0.1) is 0 Å². The van der Waals surface area contributed by atoms with E-state index in [0.717, 1.165) is 27.9 Å². The maximum Gasteiger partial charge on any atom is 0.336 e. The molecule has 6 heteroatoms. The Morgan fingerprint density at radius 3 is 2.32 bits per heavy atom. The number of ether oxygens (including phenoxy) is 2. The minimum Gasteiger partial charge on any atom is -0.489 e. The molecular weight excluding hydrogens is 450 g/mol. The Morgan fingerprint density at radius 1 is 0.971 bits per heavy atom. The third-order valence-corrected chi connectivity index (χ3v) is 6.44. The van der Waals surface area contributed by atoms with Crippen molar-refractivity contribution in [3.8, 4) is 5.75 Å². The molecule has 1 atom stereocenters. The summed E-state index contributed by atoms with van der Waals surface area (Å²) in [6, 6.07) is 21.1. The highest BCUT2D eigenvalue weighted by molar-refractivity contribution is 6.30. The third kappa shape index (κ3) is 4.31. The largest absolute Gasteiger partial charge is 0.489 e. The van der Waals surface area contributed by atoms with Gasteiger partial charge in [0.25, 0.3) is 0 Å². The molecule has 34 heavy (non-hydrogen) atoms. The monoisotopic (exact) mass is 473 g/mol. The van der Waals surface area contributed by atoms with E-state index in [1.165, 1.54) is 0 Å². The van der Waals surface area contributed by atoms with Gasteiger partial charge in [0, 0.05) is 23.0 Å². The standard InChI is InChI=1S/C28H24ClNO4/c1-17-11-18(2)13-22(12-17)30-25-16-34-28(32)27(25)24(14-26(30)31)20-5-9-23(10-6-20)33-15-19-3-7-21(29)8-4-19/h3-13,24H,14-16H2,1-2H3. The second-order valence-corrected chi connectivity index (χ2v) is 9.19. The maximum atomic E-state index is 13.3. The molecule has 172 valence electrons. The van der Waals surface area contributed by atoms with Gasteiger partial charge in [-0.05, 0) is 72.5 Å². The first-order valence-electron chi connectivity index (χ1n) is 11.2. The average Bonchev–Trinajstić information content (AvgIpc) is 3.19. The smallest absolute Gasteiger partial charge is 0.336 e. The highest BCUT2D eigenvalue weighted by Crippen LogP contribution is 2.42. The molecule has 1 unspecified atom stereocenters. The molecule has 2 aliphatic heterocycles. The Morgan fingerprint density at radius 2 is 1.65 bits per heavy atom. The van der Waals surface area contributed by atoms with E-state index < -0.39 is 0 Å². The predicted octanol–water partition coefficient (Wildman–Crippen LogP) is 5.87. The van der Waals surface area contributed by atoms with Gasteiger partial charge in [-0.25, -0.2) is 4.79 Å². The Hall–Kier alpha value is -3.57. The SMILES string of the molecule is Cc1cc(C)cc(N2C(=O)CC(c3ccc(OCc4ccc(Cl)cc4)cc3)C3=C2COC3=O)c1. The van der Waals surface area contributed by atoms with Crippen molar-refractivity contribution >= 4 is 29.2 Å². The maximum absolute atomic E-state index is 13.3. The van der Waals surface area contributed by atoms with Gasteiger partial charge in [0.1, 0.15) is 19.0 Å². The van der Waals surface area contributed by atoms with E-state index in [1.54, 1.807) is 4.90 Å². The molecule has 0 spiro atoms. The molecule has 0 aliphatic carbocycles. The summed E-state index contributed by atoms with van der Waals surface area (Å²) in [6.07, 6.45) is 0.200. The molecule has 0 saturated heterocycles. The molecule has 0 fully saturated rings. The average molecular weight is 474 g/mol. The first-order valence-corrected chi connectivity index (χ1v) is 11.6. The first kappa shape index (κ1) is 22.2. The van der Waals surface area contributed by atoms with Gasteiger partial charge in [0.05, 0.1) is 11.3 Å². The highest BCUT2D eigenvalue weighted by Gasteiger charge is 2.43. The summed E-state index contributed by atoms with van der Waals surface area (Å²) < 4.78 is 11.3. The molecule has 0 bridgehead atoms. The molecule has 3 aromatic carbocycles. The van der Waals surface area contributed by atoms with Gasteiger partial charge in [0.2, 0.25) is 5.91 Å². The van der Waals surface area contributed by atoms with Crippen molar-refractivity contribution in [1.29, 1.82) is 0 Å². The fraction of sp³-hybridized carbons (Fsp3) is 0.214. The summed E-state index contributed by atoms with van der Waals surface area (Å²) in [7, 11) is 0. The normalized spacial score (nSPS) is 17.6. The van der Waals surface area contributed by atoms with Crippen molar-refractivity contribution < 1.29 is 19.1 Å².